The fraction of sp³-hybridized carbons (Fsp3) is 0.154. The van der Waals surface area contributed by atoms with Crippen molar-refractivity contribution in [1.29, 1.82) is 0 Å². The Morgan fingerprint density at radius 1 is 1.44 bits per heavy atom. The molecule has 0 fully saturated rings. The Kier molecular flexibility index (Phi) is 2.61. The molecule has 5 heteroatoms. The van der Waals surface area contributed by atoms with Crippen molar-refractivity contribution < 1.29 is 9.21 Å². The van der Waals surface area contributed by atoms with Crippen molar-refractivity contribution in [2.24, 2.45) is 5.73 Å². The van der Waals surface area contributed by atoms with E-state index in [9.17, 15) is 4.79 Å². The first-order valence-electron chi connectivity index (χ1n) is 5.55. The average Bonchev–Trinajstić information content (AvgIpc) is 2.94. The first-order chi connectivity index (χ1) is 8.65. The molecule has 92 valence electrons. The number of benzene rings is 1. The number of nitrogens with one attached hydrogen (secondary N) is 1. The van der Waals surface area contributed by atoms with Gasteiger partial charge in [0.05, 0.1) is 25.0 Å². The fourth-order valence-electron chi connectivity index (χ4n) is 2.14. The maximum absolute atomic E-state index is 11.3. The molecule has 1 aliphatic rings. The van der Waals surface area contributed by atoms with Gasteiger partial charge < -0.3 is 15.5 Å². The van der Waals surface area contributed by atoms with Gasteiger partial charge in [-0.2, -0.15) is 0 Å². The van der Waals surface area contributed by atoms with E-state index in [1.165, 1.54) is 0 Å². The number of fused-ring (bicyclic) bond motifs is 1. The molecule has 0 saturated carbocycles. The summed E-state index contributed by atoms with van der Waals surface area (Å²) in [7, 11) is 0. The lowest BCUT2D eigenvalue weighted by molar-refractivity contribution is -0.115. The zero-order chi connectivity index (χ0) is 12.7. The van der Waals surface area contributed by atoms with E-state index in [1.807, 2.05) is 6.07 Å². The Morgan fingerprint density at radius 2 is 2.28 bits per heavy atom. The van der Waals surface area contributed by atoms with Gasteiger partial charge in [-0.3, -0.25) is 4.79 Å². The molecule has 3 rings (SSSR count). The number of amides is 1. The number of carbonyl (C=O) groups excluding carboxylic acids is 1. The number of anilines is 1. The Bertz CT molecular complexity index is 608. The first-order valence-corrected chi connectivity index (χ1v) is 5.93. The van der Waals surface area contributed by atoms with Crippen molar-refractivity contribution in [2.75, 3.05) is 5.32 Å². The highest BCUT2D eigenvalue weighted by atomic mass is 35.5. The van der Waals surface area contributed by atoms with Crippen molar-refractivity contribution in [2.45, 2.75) is 12.5 Å². The second-order valence-electron chi connectivity index (χ2n) is 4.29. The molecule has 0 bridgehead atoms. The molecule has 0 radical (unpaired) electrons. The van der Waals surface area contributed by atoms with Crippen molar-refractivity contribution in [1.82, 2.24) is 0 Å². The topological polar surface area (TPSA) is 68.3 Å². The number of hydrogen-bond acceptors (Lipinski definition) is 3. The van der Waals surface area contributed by atoms with Crippen LogP contribution in [0, 0.1) is 0 Å². The van der Waals surface area contributed by atoms with E-state index >= 15 is 0 Å². The monoisotopic (exact) mass is 262 g/mol. The predicted molar refractivity (Wildman–Crippen MR) is 68.5 cm³/mol. The van der Waals surface area contributed by atoms with Gasteiger partial charge in [0.25, 0.3) is 0 Å². The molecule has 3 N–H and O–H groups in total. The van der Waals surface area contributed by atoms with Crippen LogP contribution in [0.15, 0.2) is 35.1 Å². The third-order valence-electron chi connectivity index (χ3n) is 3.08. The van der Waals surface area contributed by atoms with Crippen LogP contribution in [0.1, 0.15) is 22.7 Å². The normalized spacial score (nSPS) is 15.3. The van der Waals surface area contributed by atoms with Crippen LogP contribution in [-0.2, 0) is 11.2 Å². The summed E-state index contributed by atoms with van der Waals surface area (Å²) in [5, 5.41) is 3.30. The number of furan rings is 1. The molecule has 2 heterocycles. The molecule has 1 amide bonds. The van der Waals surface area contributed by atoms with Gasteiger partial charge in [-0.25, -0.2) is 0 Å². The molecule has 0 aliphatic carbocycles. The van der Waals surface area contributed by atoms with Gasteiger partial charge in [0.2, 0.25) is 5.91 Å². The highest BCUT2D eigenvalue weighted by Crippen LogP contribution is 2.34. The van der Waals surface area contributed by atoms with Crippen LogP contribution in [0.4, 0.5) is 5.69 Å². The third-order valence-corrected chi connectivity index (χ3v) is 3.41. The van der Waals surface area contributed by atoms with E-state index < -0.39 is 0 Å². The quantitative estimate of drug-likeness (QED) is 0.874. The van der Waals surface area contributed by atoms with E-state index in [4.69, 9.17) is 21.8 Å². The Hall–Kier alpha value is -1.78. The highest BCUT2D eigenvalue weighted by Gasteiger charge is 2.22. The lowest BCUT2D eigenvalue weighted by Gasteiger charge is -2.13. The summed E-state index contributed by atoms with van der Waals surface area (Å²) < 4.78 is 5.02. The van der Waals surface area contributed by atoms with Crippen molar-refractivity contribution in [3.05, 3.63) is 52.4 Å². The minimum absolute atomic E-state index is 0.0184. The van der Waals surface area contributed by atoms with Gasteiger partial charge in [-0.1, -0.05) is 11.6 Å². The number of halogens is 1. The zero-order valence-electron chi connectivity index (χ0n) is 9.44. The largest absolute Gasteiger partial charge is 0.472 e. The Morgan fingerprint density at radius 3 is 3.00 bits per heavy atom. The molecule has 18 heavy (non-hydrogen) atoms. The lowest BCUT2D eigenvalue weighted by Crippen LogP contribution is -2.11. The lowest BCUT2D eigenvalue weighted by atomic mass is 9.99. The van der Waals surface area contributed by atoms with Crippen LogP contribution in [0.2, 0.25) is 5.02 Å². The van der Waals surface area contributed by atoms with Crippen molar-refractivity contribution in [3.63, 3.8) is 0 Å². The number of carbonyl (C=O) groups is 1. The number of rotatable bonds is 2. The maximum Gasteiger partial charge on any atom is 0.228 e. The molecule has 1 aromatic carbocycles. The molecule has 4 nitrogen and oxygen atoms in total. The fourth-order valence-corrected chi connectivity index (χ4v) is 2.42. The van der Waals surface area contributed by atoms with Crippen LogP contribution in [0.3, 0.4) is 0 Å². The molecule has 0 spiro atoms. The summed E-state index contributed by atoms with van der Waals surface area (Å²) in [5.41, 5.74) is 9.50. The summed E-state index contributed by atoms with van der Waals surface area (Å²) >= 11 is 6.21. The van der Waals surface area contributed by atoms with Gasteiger partial charge in [-0.15, -0.1) is 0 Å². The average molecular weight is 263 g/mol. The molecule has 1 atom stereocenters. The van der Waals surface area contributed by atoms with Gasteiger partial charge in [0, 0.05) is 16.3 Å². The molecular formula is C13H11ClN2O2. The SMILES string of the molecule is NC(c1ccoc1)c1cc2c(cc1Cl)NC(=O)C2. The smallest absolute Gasteiger partial charge is 0.228 e. The van der Waals surface area contributed by atoms with Crippen molar-refractivity contribution in [3.8, 4) is 0 Å². The van der Waals surface area contributed by atoms with E-state index in [0.717, 1.165) is 22.4 Å². The minimum Gasteiger partial charge on any atom is -0.472 e. The molecular weight excluding hydrogens is 252 g/mol. The van der Waals surface area contributed by atoms with Gasteiger partial charge in [-0.05, 0) is 29.3 Å². The standard InChI is InChI=1S/C13H11ClN2O2/c14-10-5-11-8(4-12(17)16-11)3-9(10)13(15)7-1-2-18-6-7/h1-3,5-6,13H,4,15H2,(H,16,17). The molecule has 1 aliphatic heterocycles. The summed E-state index contributed by atoms with van der Waals surface area (Å²) in [5.74, 6) is -0.0184. The van der Waals surface area contributed by atoms with Crippen LogP contribution in [-0.4, -0.2) is 5.91 Å². The van der Waals surface area contributed by atoms with Gasteiger partial charge in [0.15, 0.2) is 0 Å². The number of nitrogens with two attached hydrogens (primary N) is 1. The van der Waals surface area contributed by atoms with E-state index in [-0.39, 0.29) is 11.9 Å². The van der Waals surface area contributed by atoms with E-state index in [0.29, 0.717) is 11.4 Å². The minimum atomic E-state index is -0.350. The summed E-state index contributed by atoms with van der Waals surface area (Å²) in [4.78, 5) is 11.3. The number of hydrogen-bond donors (Lipinski definition) is 2. The maximum atomic E-state index is 11.3. The second-order valence-corrected chi connectivity index (χ2v) is 4.70. The predicted octanol–water partition coefficient (Wildman–Crippen LogP) is 2.48. The molecule has 0 saturated heterocycles. The van der Waals surface area contributed by atoms with Crippen LogP contribution in [0.5, 0.6) is 0 Å². The summed E-state index contributed by atoms with van der Waals surface area (Å²) in [6.45, 7) is 0. The second kappa shape index (κ2) is 4.15. The van der Waals surface area contributed by atoms with Crippen LogP contribution < -0.4 is 11.1 Å². The van der Waals surface area contributed by atoms with Gasteiger partial charge >= 0.3 is 0 Å². The molecule has 1 unspecified atom stereocenters. The van der Waals surface area contributed by atoms with Crippen LogP contribution in [0.25, 0.3) is 0 Å². The first kappa shape index (κ1) is 11.3. The van der Waals surface area contributed by atoms with E-state index in [2.05, 4.69) is 5.32 Å². The highest BCUT2D eigenvalue weighted by molar-refractivity contribution is 6.32. The molecule has 2 aromatic rings. The van der Waals surface area contributed by atoms with Crippen LogP contribution >= 0.6 is 11.6 Å². The Labute approximate surface area is 109 Å². The summed E-state index contributed by atoms with van der Waals surface area (Å²) in [6, 6.07) is 5.08. The Balaban J connectivity index is 2.03. The zero-order valence-corrected chi connectivity index (χ0v) is 10.2. The summed E-state index contributed by atoms with van der Waals surface area (Å²) in [6.07, 6.45) is 3.54. The molecule has 1 aromatic heterocycles. The third kappa shape index (κ3) is 1.79. The van der Waals surface area contributed by atoms with E-state index in [1.54, 1.807) is 24.7 Å². The van der Waals surface area contributed by atoms with Gasteiger partial charge in [0.1, 0.15) is 0 Å². The van der Waals surface area contributed by atoms with Crippen molar-refractivity contribution >= 4 is 23.2 Å².